The van der Waals surface area contributed by atoms with Crippen LogP contribution in [-0.2, 0) is 9.59 Å². The van der Waals surface area contributed by atoms with Gasteiger partial charge in [0.2, 0.25) is 11.8 Å². The lowest BCUT2D eigenvalue weighted by Gasteiger charge is -2.25. The quantitative estimate of drug-likeness (QED) is 0.0570. The normalized spacial score (nSPS) is 13.1. The van der Waals surface area contributed by atoms with Crippen molar-refractivity contribution in [2.24, 2.45) is 0 Å². The molecular formula is C62H124N4O2. The van der Waals surface area contributed by atoms with E-state index < -0.39 is 0 Å². The average Bonchev–Trinajstić information content (AvgIpc) is 3.88. The van der Waals surface area contributed by atoms with Crippen molar-refractivity contribution in [3.8, 4) is 0 Å². The second-order valence-electron chi connectivity index (χ2n) is 22.1. The Morgan fingerprint density at radius 2 is 0.529 bits per heavy atom. The Kier molecular flexibility index (Phi) is 49.8. The van der Waals surface area contributed by atoms with Crippen LogP contribution in [0.4, 0.5) is 0 Å². The van der Waals surface area contributed by atoms with E-state index in [1.807, 2.05) is 0 Å². The highest BCUT2D eigenvalue weighted by Gasteiger charge is 2.16. The summed E-state index contributed by atoms with van der Waals surface area (Å²) in [7, 11) is 0. The minimum absolute atomic E-state index is 0.431. The van der Waals surface area contributed by atoms with E-state index in [2.05, 4.69) is 47.3 Å². The minimum Gasteiger partial charge on any atom is -0.343 e. The third-order valence-electron chi connectivity index (χ3n) is 15.5. The van der Waals surface area contributed by atoms with Gasteiger partial charge in [0.15, 0.2) is 0 Å². The molecule has 1 heterocycles. The molecule has 2 amide bonds. The van der Waals surface area contributed by atoms with Gasteiger partial charge in [0.1, 0.15) is 0 Å². The smallest absolute Gasteiger partial charge is 0.222 e. The molecule has 0 aliphatic carbocycles. The van der Waals surface area contributed by atoms with Gasteiger partial charge in [-0.1, -0.05) is 246 Å². The Balaban J connectivity index is 2.42. The van der Waals surface area contributed by atoms with E-state index in [0.717, 1.165) is 51.9 Å². The fraction of sp³-hybridized carbons (Fsp3) is 0.968. The molecule has 0 spiro atoms. The lowest BCUT2D eigenvalue weighted by molar-refractivity contribution is -0.132. The topological polar surface area (TPSA) is 47.1 Å². The van der Waals surface area contributed by atoms with Crippen molar-refractivity contribution in [2.45, 2.75) is 323 Å². The van der Waals surface area contributed by atoms with Gasteiger partial charge in [-0.2, -0.15) is 0 Å². The maximum absolute atomic E-state index is 13.5. The van der Waals surface area contributed by atoms with Gasteiger partial charge in [-0.05, 0) is 90.4 Å². The summed E-state index contributed by atoms with van der Waals surface area (Å²) in [6, 6.07) is 0. The molecule has 1 aliphatic rings. The zero-order valence-corrected chi connectivity index (χ0v) is 47.2. The molecule has 0 N–H and O–H groups in total. The number of nitrogens with zero attached hydrogens (tertiary/aromatic N) is 4. The third-order valence-corrected chi connectivity index (χ3v) is 15.5. The van der Waals surface area contributed by atoms with Gasteiger partial charge < -0.3 is 19.6 Å². The number of likely N-dealkylation sites (tertiary alicyclic amines) is 1. The van der Waals surface area contributed by atoms with Crippen LogP contribution in [0.25, 0.3) is 0 Å². The van der Waals surface area contributed by atoms with Crippen LogP contribution in [-0.4, -0.2) is 96.9 Å². The molecule has 0 aromatic carbocycles. The van der Waals surface area contributed by atoms with Crippen molar-refractivity contribution >= 4 is 11.8 Å². The van der Waals surface area contributed by atoms with Gasteiger partial charge in [0.05, 0.1) is 0 Å². The molecule has 0 aromatic rings. The number of hydrogen-bond donors (Lipinski definition) is 0. The highest BCUT2D eigenvalue weighted by Crippen LogP contribution is 2.17. The molecule has 404 valence electrons. The molecule has 1 saturated heterocycles. The van der Waals surface area contributed by atoms with Crippen molar-refractivity contribution in [2.75, 3.05) is 65.4 Å². The minimum atomic E-state index is 0.431. The SMILES string of the molecule is CCCCCCCCCCN(CCCCCCCCCC)C(=O)CCCCCCCN(CCCCCCCC(=O)N(CCCCCCCCCC)CCCCCCCCCC)CCN1CCCC1. The summed E-state index contributed by atoms with van der Waals surface area (Å²) in [5.41, 5.74) is 0. The van der Waals surface area contributed by atoms with Crippen molar-refractivity contribution < 1.29 is 9.59 Å². The number of rotatable bonds is 55. The molecule has 0 bridgehead atoms. The van der Waals surface area contributed by atoms with Crippen LogP contribution < -0.4 is 0 Å². The van der Waals surface area contributed by atoms with Crippen molar-refractivity contribution in [1.29, 1.82) is 0 Å². The molecule has 68 heavy (non-hydrogen) atoms. The van der Waals surface area contributed by atoms with Crippen LogP contribution in [0.2, 0.25) is 0 Å². The fourth-order valence-electron chi connectivity index (χ4n) is 10.7. The molecule has 0 atom stereocenters. The number of amides is 2. The molecule has 6 nitrogen and oxygen atoms in total. The predicted octanol–water partition coefficient (Wildman–Crippen LogP) is 18.3. The lowest BCUT2D eigenvalue weighted by atomic mass is 10.1. The van der Waals surface area contributed by atoms with Gasteiger partial charge in [0.25, 0.3) is 0 Å². The first-order valence-corrected chi connectivity index (χ1v) is 31.6. The first-order chi connectivity index (χ1) is 33.5. The lowest BCUT2D eigenvalue weighted by Crippen LogP contribution is -2.35. The second-order valence-corrected chi connectivity index (χ2v) is 22.1. The van der Waals surface area contributed by atoms with Crippen LogP contribution >= 0.6 is 0 Å². The number of carbonyl (C=O) groups is 2. The monoisotopic (exact) mass is 957 g/mol. The molecule has 1 fully saturated rings. The molecule has 0 unspecified atom stereocenters. The van der Waals surface area contributed by atoms with Crippen molar-refractivity contribution in [3.63, 3.8) is 0 Å². The van der Waals surface area contributed by atoms with Gasteiger partial charge in [0, 0.05) is 52.1 Å². The van der Waals surface area contributed by atoms with Crippen LogP contribution in [0.3, 0.4) is 0 Å². The van der Waals surface area contributed by atoms with Crippen molar-refractivity contribution in [1.82, 2.24) is 19.6 Å². The summed E-state index contributed by atoms with van der Waals surface area (Å²) >= 11 is 0. The highest BCUT2D eigenvalue weighted by atomic mass is 16.2. The van der Waals surface area contributed by atoms with E-state index in [1.54, 1.807) is 0 Å². The highest BCUT2D eigenvalue weighted by molar-refractivity contribution is 5.76. The summed E-state index contributed by atoms with van der Waals surface area (Å²) in [6.45, 7) is 20.6. The summed E-state index contributed by atoms with van der Waals surface area (Å²) in [5, 5.41) is 0. The van der Waals surface area contributed by atoms with Gasteiger partial charge in [-0.3, -0.25) is 9.59 Å². The van der Waals surface area contributed by atoms with Crippen LogP contribution in [0.1, 0.15) is 323 Å². The Bertz CT molecular complexity index is 922. The van der Waals surface area contributed by atoms with Crippen LogP contribution in [0.15, 0.2) is 0 Å². The third kappa shape index (κ3) is 42.5. The first kappa shape index (κ1) is 64.9. The Morgan fingerprint density at radius 3 is 0.809 bits per heavy atom. The summed E-state index contributed by atoms with van der Waals surface area (Å²) < 4.78 is 0. The second kappa shape index (κ2) is 52.2. The molecule has 0 saturated carbocycles. The Labute approximate surface area is 427 Å². The predicted molar refractivity (Wildman–Crippen MR) is 301 cm³/mol. The fourth-order valence-corrected chi connectivity index (χ4v) is 10.7. The Hall–Kier alpha value is -1.14. The molecule has 6 heteroatoms. The van der Waals surface area contributed by atoms with Gasteiger partial charge in [-0.25, -0.2) is 0 Å². The average molecular weight is 958 g/mol. The maximum Gasteiger partial charge on any atom is 0.222 e. The summed E-state index contributed by atoms with van der Waals surface area (Å²) in [5.74, 6) is 0.862. The zero-order chi connectivity index (χ0) is 49.1. The molecule has 0 radical (unpaired) electrons. The van der Waals surface area contributed by atoms with Gasteiger partial charge >= 0.3 is 0 Å². The van der Waals surface area contributed by atoms with Gasteiger partial charge in [-0.15, -0.1) is 0 Å². The maximum atomic E-state index is 13.5. The zero-order valence-electron chi connectivity index (χ0n) is 47.2. The van der Waals surface area contributed by atoms with E-state index in [9.17, 15) is 9.59 Å². The molecule has 1 aliphatic heterocycles. The van der Waals surface area contributed by atoms with E-state index in [0.29, 0.717) is 11.8 Å². The Morgan fingerprint density at radius 1 is 0.294 bits per heavy atom. The number of hydrogen-bond acceptors (Lipinski definition) is 4. The first-order valence-electron chi connectivity index (χ1n) is 31.6. The number of carbonyl (C=O) groups excluding carboxylic acids is 2. The molecular weight excluding hydrogens is 833 g/mol. The van der Waals surface area contributed by atoms with Crippen LogP contribution in [0, 0.1) is 0 Å². The van der Waals surface area contributed by atoms with Crippen molar-refractivity contribution in [3.05, 3.63) is 0 Å². The standard InChI is InChI=1S/C62H124N4O2/c1-5-9-13-17-21-25-35-43-55-65(56-44-36-26-22-18-14-10-6-2)61(67)49-39-31-29-33-41-51-63(59-60-64-53-47-48-54-64)52-42-34-30-32-40-50-62(68)66(57-45-37-27-23-19-15-11-7-3)58-46-38-28-24-20-16-12-8-4/h5-60H2,1-4H3. The summed E-state index contributed by atoms with van der Waals surface area (Å²) in [6.07, 6.45) is 59.0. The van der Waals surface area contributed by atoms with E-state index in [-0.39, 0.29) is 0 Å². The number of unbranched alkanes of at least 4 members (excludes halogenated alkanes) is 36. The largest absolute Gasteiger partial charge is 0.343 e. The van der Waals surface area contributed by atoms with E-state index in [1.165, 1.54) is 309 Å². The van der Waals surface area contributed by atoms with E-state index >= 15 is 0 Å². The molecule has 1 rings (SSSR count). The summed E-state index contributed by atoms with van der Waals surface area (Å²) in [4.78, 5) is 36.9. The molecule has 0 aromatic heterocycles. The van der Waals surface area contributed by atoms with E-state index in [4.69, 9.17) is 0 Å². The van der Waals surface area contributed by atoms with Crippen LogP contribution in [0.5, 0.6) is 0 Å².